The minimum absolute atomic E-state index is 0.204. The SMILES string of the molecule is CS(=O)(=O)N(Cc1ccccc1)c1ccc(OCC(=O)Nc2cccc(F)c2)cc1. The first-order valence-electron chi connectivity index (χ1n) is 9.11. The molecule has 0 aromatic heterocycles. The van der Waals surface area contributed by atoms with E-state index < -0.39 is 21.7 Å². The number of benzene rings is 3. The van der Waals surface area contributed by atoms with Crippen LogP contribution in [0.5, 0.6) is 5.75 Å². The first-order valence-corrected chi connectivity index (χ1v) is 11.0. The number of rotatable bonds is 8. The summed E-state index contributed by atoms with van der Waals surface area (Å²) < 4.78 is 44.4. The van der Waals surface area contributed by atoms with E-state index in [-0.39, 0.29) is 13.2 Å². The Bertz CT molecular complexity index is 1100. The molecule has 0 saturated carbocycles. The molecule has 0 aliphatic carbocycles. The van der Waals surface area contributed by atoms with E-state index in [1.54, 1.807) is 30.3 Å². The molecule has 1 N–H and O–H groups in total. The van der Waals surface area contributed by atoms with Crippen LogP contribution in [-0.2, 0) is 21.4 Å². The number of hydrogen-bond acceptors (Lipinski definition) is 4. The highest BCUT2D eigenvalue weighted by atomic mass is 32.2. The first kappa shape index (κ1) is 21.3. The van der Waals surface area contributed by atoms with Gasteiger partial charge in [0.2, 0.25) is 10.0 Å². The quantitative estimate of drug-likeness (QED) is 0.592. The minimum Gasteiger partial charge on any atom is -0.484 e. The van der Waals surface area contributed by atoms with Gasteiger partial charge >= 0.3 is 0 Å². The molecule has 8 heteroatoms. The molecule has 3 aromatic rings. The van der Waals surface area contributed by atoms with Crippen molar-refractivity contribution in [3.63, 3.8) is 0 Å². The Hall–Kier alpha value is -3.39. The fraction of sp³-hybridized carbons (Fsp3) is 0.136. The highest BCUT2D eigenvalue weighted by Gasteiger charge is 2.18. The maximum Gasteiger partial charge on any atom is 0.262 e. The number of amides is 1. The van der Waals surface area contributed by atoms with E-state index in [1.165, 1.54) is 22.5 Å². The Morgan fingerprint density at radius 2 is 1.70 bits per heavy atom. The van der Waals surface area contributed by atoms with Crippen molar-refractivity contribution in [3.8, 4) is 5.75 Å². The standard InChI is InChI=1S/C22H21FN2O4S/c1-30(27,28)25(15-17-6-3-2-4-7-17)20-10-12-21(13-11-20)29-16-22(26)24-19-9-5-8-18(23)14-19/h2-14H,15-16H2,1H3,(H,24,26). The normalized spacial score (nSPS) is 11.0. The van der Waals surface area contributed by atoms with Crippen molar-refractivity contribution in [2.75, 3.05) is 22.5 Å². The molecule has 0 unspecified atom stereocenters. The number of carbonyl (C=O) groups excluding carboxylic acids is 1. The van der Waals surface area contributed by atoms with Gasteiger partial charge in [0.05, 0.1) is 18.5 Å². The highest BCUT2D eigenvalue weighted by Crippen LogP contribution is 2.23. The molecule has 0 atom stereocenters. The highest BCUT2D eigenvalue weighted by molar-refractivity contribution is 7.92. The Morgan fingerprint density at radius 1 is 1.00 bits per heavy atom. The number of nitrogens with one attached hydrogen (secondary N) is 1. The zero-order valence-corrected chi connectivity index (χ0v) is 17.1. The van der Waals surface area contributed by atoms with Crippen LogP contribution in [0.3, 0.4) is 0 Å². The first-order chi connectivity index (χ1) is 14.3. The Balaban J connectivity index is 1.63. The van der Waals surface area contributed by atoms with Crippen molar-refractivity contribution in [2.45, 2.75) is 6.54 Å². The third kappa shape index (κ3) is 6.05. The molecule has 3 aromatic carbocycles. The predicted molar refractivity (Wildman–Crippen MR) is 114 cm³/mol. The van der Waals surface area contributed by atoms with Gasteiger partial charge in [-0.3, -0.25) is 9.10 Å². The van der Waals surface area contributed by atoms with Crippen LogP contribution in [0.4, 0.5) is 15.8 Å². The number of halogens is 1. The molecule has 0 saturated heterocycles. The monoisotopic (exact) mass is 428 g/mol. The second kappa shape index (κ2) is 9.41. The average Bonchev–Trinajstić information content (AvgIpc) is 2.71. The van der Waals surface area contributed by atoms with Crippen molar-refractivity contribution < 1.29 is 22.3 Å². The smallest absolute Gasteiger partial charge is 0.262 e. The Kier molecular flexibility index (Phi) is 6.68. The summed E-state index contributed by atoms with van der Waals surface area (Å²) in [4.78, 5) is 12.0. The van der Waals surface area contributed by atoms with Gasteiger partial charge in [0.1, 0.15) is 11.6 Å². The van der Waals surface area contributed by atoms with Crippen LogP contribution in [0, 0.1) is 5.82 Å². The van der Waals surface area contributed by atoms with Crippen LogP contribution in [-0.4, -0.2) is 27.2 Å². The lowest BCUT2D eigenvalue weighted by molar-refractivity contribution is -0.118. The number of nitrogens with zero attached hydrogens (tertiary/aromatic N) is 1. The summed E-state index contributed by atoms with van der Waals surface area (Å²) in [7, 11) is -3.50. The number of hydrogen-bond donors (Lipinski definition) is 1. The lowest BCUT2D eigenvalue weighted by atomic mass is 10.2. The topological polar surface area (TPSA) is 75.7 Å². The van der Waals surface area contributed by atoms with Crippen molar-refractivity contribution in [3.05, 3.63) is 90.2 Å². The van der Waals surface area contributed by atoms with Crippen LogP contribution < -0.4 is 14.4 Å². The molecule has 0 fully saturated rings. The molecule has 30 heavy (non-hydrogen) atoms. The average molecular weight is 428 g/mol. The van der Waals surface area contributed by atoms with Gasteiger partial charge < -0.3 is 10.1 Å². The number of carbonyl (C=O) groups is 1. The third-order valence-electron chi connectivity index (χ3n) is 4.17. The second-order valence-corrected chi connectivity index (χ2v) is 8.50. The maximum absolute atomic E-state index is 13.2. The van der Waals surface area contributed by atoms with E-state index in [1.807, 2.05) is 30.3 Å². The fourth-order valence-corrected chi connectivity index (χ4v) is 3.66. The van der Waals surface area contributed by atoms with Crippen molar-refractivity contribution in [1.29, 1.82) is 0 Å². The number of anilines is 2. The molecule has 3 rings (SSSR count). The van der Waals surface area contributed by atoms with Crippen LogP contribution in [0.1, 0.15) is 5.56 Å². The van der Waals surface area contributed by atoms with Crippen LogP contribution >= 0.6 is 0 Å². The summed E-state index contributed by atoms with van der Waals surface area (Å²) in [6, 6.07) is 21.2. The molecule has 1 amide bonds. The zero-order valence-electron chi connectivity index (χ0n) is 16.3. The van der Waals surface area contributed by atoms with E-state index in [0.717, 1.165) is 11.8 Å². The summed E-state index contributed by atoms with van der Waals surface area (Å²) in [5, 5.41) is 2.54. The van der Waals surface area contributed by atoms with Crippen molar-refractivity contribution in [2.24, 2.45) is 0 Å². The molecular weight excluding hydrogens is 407 g/mol. The fourth-order valence-electron chi connectivity index (χ4n) is 2.77. The second-order valence-electron chi connectivity index (χ2n) is 6.60. The molecular formula is C22H21FN2O4S. The molecule has 0 heterocycles. The molecule has 0 bridgehead atoms. The predicted octanol–water partition coefficient (Wildman–Crippen LogP) is 3.81. The Labute approximate surface area is 175 Å². The van der Waals surface area contributed by atoms with Gasteiger partial charge in [-0.2, -0.15) is 0 Å². The van der Waals surface area contributed by atoms with Crippen LogP contribution in [0.25, 0.3) is 0 Å². The van der Waals surface area contributed by atoms with Gasteiger partial charge in [-0.15, -0.1) is 0 Å². The molecule has 156 valence electrons. The number of sulfonamides is 1. The lowest BCUT2D eigenvalue weighted by Gasteiger charge is -2.22. The van der Waals surface area contributed by atoms with Crippen molar-refractivity contribution >= 4 is 27.3 Å². The molecule has 0 spiro atoms. The summed E-state index contributed by atoms with van der Waals surface area (Å²) in [5.41, 5.74) is 1.68. The molecule has 0 aliphatic heterocycles. The van der Waals surface area contributed by atoms with Gasteiger partial charge in [0.25, 0.3) is 5.91 Å². The van der Waals surface area contributed by atoms with Crippen molar-refractivity contribution in [1.82, 2.24) is 0 Å². The summed E-state index contributed by atoms with van der Waals surface area (Å²) in [6.07, 6.45) is 1.15. The molecule has 0 aliphatic rings. The van der Waals surface area contributed by atoms with Gasteiger partial charge in [0, 0.05) is 5.69 Å². The Morgan fingerprint density at radius 3 is 2.33 bits per heavy atom. The summed E-state index contributed by atoms with van der Waals surface area (Å²) in [6.45, 7) is -0.0639. The lowest BCUT2D eigenvalue weighted by Crippen LogP contribution is -2.29. The summed E-state index contributed by atoms with van der Waals surface area (Å²) in [5.74, 6) is -0.483. The summed E-state index contributed by atoms with van der Waals surface area (Å²) >= 11 is 0. The van der Waals surface area contributed by atoms with Crippen LogP contribution in [0.2, 0.25) is 0 Å². The van der Waals surface area contributed by atoms with Gasteiger partial charge in [-0.25, -0.2) is 12.8 Å². The molecule has 0 radical (unpaired) electrons. The third-order valence-corrected chi connectivity index (χ3v) is 5.31. The van der Waals surface area contributed by atoms with Gasteiger partial charge in [-0.1, -0.05) is 36.4 Å². The largest absolute Gasteiger partial charge is 0.484 e. The van der Waals surface area contributed by atoms with Crippen LogP contribution in [0.15, 0.2) is 78.9 Å². The van der Waals surface area contributed by atoms with Gasteiger partial charge in [0.15, 0.2) is 6.61 Å². The van der Waals surface area contributed by atoms with E-state index in [9.17, 15) is 17.6 Å². The van der Waals surface area contributed by atoms with E-state index in [2.05, 4.69) is 5.32 Å². The maximum atomic E-state index is 13.2. The molecule has 6 nitrogen and oxygen atoms in total. The van der Waals surface area contributed by atoms with E-state index in [4.69, 9.17) is 4.74 Å². The van der Waals surface area contributed by atoms with E-state index in [0.29, 0.717) is 17.1 Å². The minimum atomic E-state index is -3.50. The van der Waals surface area contributed by atoms with Gasteiger partial charge in [-0.05, 0) is 48.0 Å². The zero-order chi connectivity index (χ0) is 21.6. The van der Waals surface area contributed by atoms with E-state index >= 15 is 0 Å². The number of ether oxygens (including phenoxy) is 1.